The minimum Gasteiger partial charge on any atom is -0.420 e. The van der Waals surface area contributed by atoms with Gasteiger partial charge in [-0.15, -0.1) is 19.3 Å². The third-order valence-corrected chi connectivity index (χ3v) is 26.1. The van der Waals surface area contributed by atoms with E-state index >= 15 is 0 Å². The van der Waals surface area contributed by atoms with Crippen molar-refractivity contribution in [3.05, 3.63) is 24.2 Å². The fourth-order valence-corrected chi connectivity index (χ4v) is 19.2. The maximum atomic E-state index is 11.3. The van der Waals surface area contributed by atoms with Gasteiger partial charge in [0.05, 0.1) is 103 Å². The maximum absolute atomic E-state index is 11.3. The minimum atomic E-state index is -1.49. The zero-order valence-electron chi connectivity index (χ0n) is 74.5. The van der Waals surface area contributed by atoms with Gasteiger partial charge < -0.3 is 197 Å². The fourth-order valence-electron chi connectivity index (χ4n) is 19.2. The Kier molecular flexibility index (Phi) is 41.4. The summed E-state index contributed by atoms with van der Waals surface area (Å²) in [6.45, 7) is 16.0. The van der Waals surface area contributed by atoms with E-state index in [2.05, 4.69) is 0 Å². The number of ether oxygens (including phenoxy) is 19. The molecule has 0 aromatic rings. The van der Waals surface area contributed by atoms with E-state index in [-0.39, 0.29) is 189 Å². The van der Waals surface area contributed by atoms with Crippen LogP contribution in [-0.2, 0) is 209 Å². The molecule has 0 amide bonds. The summed E-state index contributed by atoms with van der Waals surface area (Å²) in [5, 5.41) is 140. The average molecular weight is 2170 g/mol. The summed E-state index contributed by atoms with van der Waals surface area (Å²) in [7, 11) is 19.0. The van der Waals surface area contributed by atoms with E-state index in [0.717, 1.165) is 17.8 Å². The summed E-state index contributed by atoms with van der Waals surface area (Å²) in [6.07, 6.45) is -37.6. The Bertz CT molecular complexity index is 3150. The Balaban J connectivity index is 0.000000235. The number of rotatable bonds is 18. The zero-order chi connectivity index (χ0) is 89.8. The van der Waals surface area contributed by atoms with Crippen LogP contribution in [0.3, 0.4) is 0 Å². The normalized spacial score (nSPS) is 53.9. The van der Waals surface area contributed by atoms with E-state index in [9.17, 15) is 66.4 Å². The average Bonchev–Trinajstić information content (AvgIpc) is 1.00. The summed E-state index contributed by atoms with van der Waals surface area (Å²) < 4.78 is 137. The summed E-state index contributed by atoms with van der Waals surface area (Å²) >= 11 is 0. The molecule has 3 aliphatic carbocycles. The number of aliphatic hydroxyl groups excluding tert-OH is 13. The van der Waals surface area contributed by atoms with Gasteiger partial charge in [0.2, 0.25) is 0 Å². The first-order valence-electron chi connectivity index (χ1n) is 44.2. The van der Waals surface area contributed by atoms with E-state index in [4.69, 9.17) is 158 Å². The Labute approximate surface area is 824 Å². The van der Waals surface area contributed by atoms with E-state index in [1.807, 2.05) is 48.5 Å². The van der Waals surface area contributed by atoms with E-state index < -0.39 is 293 Å². The van der Waals surface area contributed by atoms with Crippen LogP contribution in [0, 0.1) is 41.9 Å². The van der Waals surface area contributed by atoms with Gasteiger partial charge in [0.1, 0.15) is 97.7 Å². The molecule has 14 fully saturated rings. The Hall–Kier alpha value is 2.63. The molecule has 14 rings (SSSR count). The van der Waals surface area contributed by atoms with Crippen LogP contribution < -0.4 is 40.1 Å². The number of nitrogens with two attached hydrogens (primary N) is 7. The second-order valence-electron chi connectivity index (χ2n) is 35.7. The van der Waals surface area contributed by atoms with Crippen molar-refractivity contribution in [1.29, 1.82) is 0 Å². The Morgan fingerprint density at radius 1 is 0.347 bits per heavy atom. The first kappa shape index (κ1) is 107. The summed E-state index contributed by atoms with van der Waals surface area (Å²) in [6, 6.07) is -4.20. The molecular weight excluding hydrogens is 2030 g/mol. The molecule has 14 aliphatic rings. The van der Waals surface area contributed by atoms with Crippen LogP contribution in [0.1, 0.15) is 126 Å². The second-order valence-corrected chi connectivity index (χ2v) is 35.7. The van der Waals surface area contributed by atoms with Crippen LogP contribution in [0.4, 0.5) is 0 Å². The van der Waals surface area contributed by atoms with Crippen molar-refractivity contribution in [2.24, 2.45) is 57.9 Å². The van der Waals surface area contributed by atoms with Crippen LogP contribution in [-0.4, -0.2) is 397 Å². The first-order chi connectivity index (χ1) is 58.1. The first-order valence-corrected chi connectivity index (χ1v) is 42.1. The Morgan fingerprint density at radius 3 is 0.919 bits per heavy atom. The van der Waals surface area contributed by atoms with Gasteiger partial charge in [-0.1, -0.05) is 33.8 Å². The van der Waals surface area contributed by atoms with Crippen molar-refractivity contribution < 1.29 is 280 Å². The molecule has 0 spiro atoms. The summed E-state index contributed by atoms with van der Waals surface area (Å²) in [5.41, 5.74) is 42.9. The van der Waals surface area contributed by atoms with Gasteiger partial charge in [-0.2, -0.15) is 20.8 Å². The van der Waals surface area contributed by atoms with E-state index in [1.54, 1.807) is 13.8 Å². The van der Waals surface area contributed by atoms with Crippen LogP contribution in [0.25, 0.3) is 0 Å². The van der Waals surface area contributed by atoms with Gasteiger partial charge in [0.15, 0.2) is 50.3 Å². The predicted octanol–water partition coefficient (Wildman–Crippen LogP) is -7.35. The minimum absolute atomic E-state index is 0. The topological polar surface area (TPSA) is 621 Å². The van der Waals surface area contributed by atoms with Gasteiger partial charge in [0, 0.05) is 190 Å². The molecular formula is C78H134B3N7O32WY3-4. The summed E-state index contributed by atoms with van der Waals surface area (Å²) in [4.78, 5) is 0. The molecule has 11 aliphatic heterocycles. The molecule has 124 heavy (non-hydrogen) atoms. The van der Waals surface area contributed by atoms with E-state index in [0.29, 0.717) is 38.5 Å². The molecule has 0 bridgehead atoms. The van der Waals surface area contributed by atoms with Crippen molar-refractivity contribution in [3.63, 3.8) is 0 Å². The molecule has 9 radical (unpaired) electrons. The maximum Gasteiger partial charge on any atom is 0.187 e. The van der Waals surface area contributed by atoms with Gasteiger partial charge in [-0.05, 0) is 96.0 Å². The standard InChI is InChI=1S/2C28H49BN3O12.C22H36BNO8.W.3Y/c2*1-8-6-12(31)23(43-26-14(29)18(35)25-21(41-26)9(2)5-10(3)38-25)24(16(8)33)44-28-20(37)22(11(4)39-28)42-27-15(32)19(36)17(34)13(7-30)40-27;1-8-6-12(24)18(19(15(8)26)32-21-13(25)7-11(4)29-21)31-22-14(23)16(27)20-17(30-22)9(2)5-10(3)28-20;;;;/h2*8,10-28,33-37H,5-7,30-32H2,1-4H3;7-8,10-22,25-27H,5-6,24H2,1-4H3;;;;/q2*-1;-2;;;;/t8-,10?,11-,12?,13?,14?,15?,16?,17-,18-,19?,20?,21?,22+,23-,24-,25+,26-,27-,28+;8-,10?,11-,12?,13+,14?,15?,16?,17-,18-,19?,20?,21?,22+,23-,24-,25+,26-,27-,28+;8-,10?,11-,12?,13?,14?,15?,16-,17?,18-,19-,20+,21+,22-;;;;/m111..../s1/i3*4D;;;;. The summed E-state index contributed by atoms with van der Waals surface area (Å²) in [5.74, 6) is -0.742. The van der Waals surface area contributed by atoms with Crippen molar-refractivity contribution >= 4 is 23.5 Å². The molecule has 54 atom stereocenters. The van der Waals surface area contributed by atoms with Crippen molar-refractivity contribution in [2.75, 3.05) is 13.1 Å². The molecule has 0 aromatic carbocycles. The smallest absolute Gasteiger partial charge is 0.187 e. The molecule has 46 heteroatoms. The zero-order valence-corrected chi connectivity index (χ0v) is 83.0. The predicted molar refractivity (Wildman–Crippen MR) is 419 cm³/mol. The largest absolute Gasteiger partial charge is 0.420 e. The second kappa shape index (κ2) is 48.0. The number of hydrogen-bond donors (Lipinski definition) is 20. The fraction of sp³-hybridized carbons (Fsp3) is 0.949. The SMILES string of the molecule is [2H]C[C@@H]1[CH-]C(O)[C@H](O[C@@H]2C(O)[C@H](C)CC(N)[C@H]2O[C@H]2OC3[C-](C)CC(C)O[C@H]3[C@H](O)C2[B])O1.[2H]C[C@H]1O[C@@H](O[C@@H]2C(O)[C@H](C)CC(N)[C@H]2O[C@H]2OC3[C-](C)CC(C)O[C@H]3[C@H](O)C2[B])C(O)[C@H]1O[C@H]1OC(CN)[C@@H](O)C(O)C1N.[2H]C[C@H]1O[C@@H](O[C@@H]2C(O)[C@H](C)CC(N)[C@H]2O[C@H]2OC3[C-](C)CC(C)O[C@H]3[C@H](O)C2[B])C(O)[C@H]1O[C@H]1O[C@@H](CN)[C@@H](O)C(O)C1N.[W].[Y].[Y].[Y]. The van der Waals surface area contributed by atoms with E-state index in [1.165, 1.54) is 6.42 Å². The molecule has 11 saturated heterocycles. The Morgan fingerprint density at radius 2 is 0.637 bits per heavy atom. The van der Waals surface area contributed by atoms with Crippen molar-refractivity contribution in [3.8, 4) is 0 Å². The quantitative estimate of drug-likeness (QED) is 0.0448. The molecule has 27 N–H and O–H groups in total. The molecule has 701 valence electrons. The van der Waals surface area contributed by atoms with Gasteiger partial charge in [-0.25, -0.2) is 0 Å². The molecule has 3 saturated carbocycles. The molecule has 23 unspecified atom stereocenters. The van der Waals surface area contributed by atoms with Gasteiger partial charge >= 0.3 is 0 Å². The van der Waals surface area contributed by atoms with Crippen LogP contribution in [0.15, 0.2) is 0 Å². The van der Waals surface area contributed by atoms with Crippen LogP contribution in [0.2, 0.25) is 17.5 Å². The van der Waals surface area contributed by atoms with Crippen molar-refractivity contribution in [2.45, 2.75) is 433 Å². The monoisotopic (exact) mass is 2170 g/mol. The van der Waals surface area contributed by atoms with Gasteiger partial charge in [-0.3, -0.25) is 24.2 Å². The van der Waals surface area contributed by atoms with Crippen molar-refractivity contribution in [1.82, 2.24) is 0 Å². The number of hydrogen-bond acceptors (Lipinski definition) is 39. The number of aliphatic hydroxyl groups is 13. The number of fused-ring (bicyclic) bond motifs is 3. The van der Waals surface area contributed by atoms with Gasteiger partial charge in [0.25, 0.3) is 0 Å². The third-order valence-electron chi connectivity index (χ3n) is 26.1. The molecule has 39 nitrogen and oxygen atoms in total. The molecule has 0 aromatic heterocycles. The molecule has 11 heterocycles. The third kappa shape index (κ3) is 24.5. The van der Waals surface area contributed by atoms with Crippen LogP contribution >= 0.6 is 0 Å². The van der Waals surface area contributed by atoms with Crippen LogP contribution in [0.5, 0.6) is 0 Å².